The molecule has 0 aromatic carbocycles. The first-order valence-electron chi connectivity index (χ1n) is 8.66. The molecule has 0 spiro atoms. The van der Waals surface area contributed by atoms with E-state index in [1.807, 2.05) is 0 Å². The van der Waals surface area contributed by atoms with Crippen LogP contribution in [0.4, 0.5) is 0 Å². The standard InChI is InChI=1S/C17H30N2O/c1-11(2)15-17(20)19(14-9-8-12(3)10-14)16(18-15)13-6-4-5-7-13/h11-16,18H,4-10H2,1-3H3. The number of carbonyl (C=O) groups excluding carboxylic acids is 1. The molecule has 0 aromatic rings. The molecule has 3 heteroatoms. The molecule has 3 fully saturated rings. The van der Waals surface area contributed by atoms with Crippen LogP contribution < -0.4 is 5.32 Å². The van der Waals surface area contributed by atoms with E-state index in [-0.39, 0.29) is 6.04 Å². The Kier molecular flexibility index (Phi) is 4.07. The Morgan fingerprint density at radius 3 is 2.40 bits per heavy atom. The summed E-state index contributed by atoms with van der Waals surface area (Å²) in [4.78, 5) is 15.2. The monoisotopic (exact) mass is 278 g/mol. The van der Waals surface area contributed by atoms with Crippen LogP contribution in [0.1, 0.15) is 65.7 Å². The van der Waals surface area contributed by atoms with Gasteiger partial charge in [-0.15, -0.1) is 0 Å². The quantitative estimate of drug-likeness (QED) is 0.860. The lowest BCUT2D eigenvalue weighted by Gasteiger charge is -2.34. The number of hydrogen-bond acceptors (Lipinski definition) is 2. The molecule has 0 aromatic heterocycles. The Bertz CT molecular complexity index is 362. The average Bonchev–Trinajstić information content (AvgIpc) is 3.07. The van der Waals surface area contributed by atoms with Crippen LogP contribution in [0.3, 0.4) is 0 Å². The summed E-state index contributed by atoms with van der Waals surface area (Å²) in [6.45, 7) is 6.67. The van der Waals surface area contributed by atoms with Gasteiger partial charge in [-0.1, -0.05) is 33.6 Å². The third-order valence-corrected chi connectivity index (χ3v) is 5.74. The van der Waals surface area contributed by atoms with Crippen molar-refractivity contribution < 1.29 is 4.79 Å². The molecule has 1 aliphatic heterocycles. The Balaban J connectivity index is 1.80. The lowest BCUT2D eigenvalue weighted by atomic mass is 10.0. The number of nitrogens with one attached hydrogen (secondary N) is 1. The average molecular weight is 278 g/mol. The largest absolute Gasteiger partial charge is 0.323 e. The summed E-state index contributed by atoms with van der Waals surface area (Å²) >= 11 is 0. The highest BCUT2D eigenvalue weighted by Gasteiger charge is 2.47. The first kappa shape index (κ1) is 14.4. The second kappa shape index (κ2) is 5.67. The van der Waals surface area contributed by atoms with Gasteiger partial charge >= 0.3 is 0 Å². The number of carbonyl (C=O) groups is 1. The summed E-state index contributed by atoms with van der Waals surface area (Å²) in [7, 11) is 0. The Morgan fingerprint density at radius 1 is 1.15 bits per heavy atom. The van der Waals surface area contributed by atoms with E-state index >= 15 is 0 Å². The van der Waals surface area contributed by atoms with E-state index in [1.165, 1.54) is 44.9 Å². The summed E-state index contributed by atoms with van der Waals surface area (Å²) in [5.74, 6) is 2.26. The van der Waals surface area contributed by atoms with Crippen molar-refractivity contribution in [3.8, 4) is 0 Å². The lowest BCUT2D eigenvalue weighted by Crippen LogP contribution is -2.47. The number of hydrogen-bond donors (Lipinski definition) is 1. The normalized spacial score (nSPS) is 39.4. The van der Waals surface area contributed by atoms with Gasteiger partial charge in [0.15, 0.2) is 0 Å². The Morgan fingerprint density at radius 2 is 1.85 bits per heavy atom. The van der Waals surface area contributed by atoms with Crippen molar-refractivity contribution in [1.82, 2.24) is 10.2 Å². The zero-order valence-electron chi connectivity index (χ0n) is 13.3. The number of nitrogens with zero attached hydrogens (tertiary/aromatic N) is 1. The van der Waals surface area contributed by atoms with E-state index < -0.39 is 0 Å². The maximum Gasteiger partial charge on any atom is 0.241 e. The third kappa shape index (κ3) is 2.49. The molecule has 114 valence electrons. The SMILES string of the molecule is CC1CCC(N2C(=O)C(C(C)C)NC2C2CCCC2)C1. The van der Waals surface area contributed by atoms with Gasteiger partial charge in [-0.05, 0) is 49.9 Å². The minimum atomic E-state index is 0.0523. The predicted molar refractivity (Wildman–Crippen MR) is 81.2 cm³/mol. The van der Waals surface area contributed by atoms with Crippen LogP contribution in [0.5, 0.6) is 0 Å². The number of rotatable bonds is 3. The maximum atomic E-state index is 12.9. The van der Waals surface area contributed by atoms with Gasteiger partial charge < -0.3 is 4.90 Å². The minimum absolute atomic E-state index is 0.0523. The molecule has 3 aliphatic rings. The highest BCUT2D eigenvalue weighted by molar-refractivity contribution is 5.85. The van der Waals surface area contributed by atoms with E-state index in [0.29, 0.717) is 30.0 Å². The summed E-state index contributed by atoms with van der Waals surface area (Å²) in [5.41, 5.74) is 0. The highest BCUT2D eigenvalue weighted by Crippen LogP contribution is 2.38. The smallest absolute Gasteiger partial charge is 0.241 e. The molecule has 1 saturated heterocycles. The Labute approximate surface area is 123 Å². The highest BCUT2D eigenvalue weighted by atomic mass is 16.2. The van der Waals surface area contributed by atoms with Crippen LogP contribution in [0.25, 0.3) is 0 Å². The van der Waals surface area contributed by atoms with E-state index in [9.17, 15) is 4.79 Å². The van der Waals surface area contributed by atoms with Crippen molar-refractivity contribution in [1.29, 1.82) is 0 Å². The molecule has 4 unspecified atom stereocenters. The van der Waals surface area contributed by atoms with E-state index in [0.717, 1.165) is 5.92 Å². The van der Waals surface area contributed by atoms with Gasteiger partial charge in [0.25, 0.3) is 0 Å². The molecular weight excluding hydrogens is 248 g/mol. The molecule has 3 nitrogen and oxygen atoms in total. The van der Waals surface area contributed by atoms with Crippen molar-refractivity contribution in [3.63, 3.8) is 0 Å². The van der Waals surface area contributed by atoms with Crippen LogP contribution in [0.15, 0.2) is 0 Å². The molecule has 0 bridgehead atoms. The molecule has 1 N–H and O–H groups in total. The lowest BCUT2D eigenvalue weighted by molar-refractivity contribution is -0.133. The summed E-state index contributed by atoms with van der Waals surface area (Å²) in [6, 6.07) is 0.552. The van der Waals surface area contributed by atoms with E-state index in [4.69, 9.17) is 0 Å². The van der Waals surface area contributed by atoms with Crippen LogP contribution in [-0.2, 0) is 4.79 Å². The molecule has 1 amide bonds. The molecular formula is C17H30N2O. The van der Waals surface area contributed by atoms with Crippen molar-refractivity contribution in [2.24, 2.45) is 17.8 Å². The zero-order chi connectivity index (χ0) is 14.3. The first-order valence-corrected chi connectivity index (χ1v) is 8.66. The van der Waals surface area contributed by atoms with Crippen molar-refractivity contribution in [2.45, 2.75) is 84.0 Å². The molecule has 2 saturated carbocycles. The molecule has 4 atom stereocenters. The predicted octanol–water partition coefficient (Wildman–Crippen LogP) is 3.15. The van der Waals surface area contributed by atoms with Crippen LogP contribution in [0, 0.1) is 17.8 Å². The van der Waals surface area contributed by atoms with Gasteiger partial charge in [0.1, 0.15) is 0 Å². The maximum absolute atomic E-state index is 12.9. The first-order chi connectivity index (χ1) is 9.58. The second-order valence-corrected chi connectivity index (χ2v) is 7.70. The van der Waals surface area contributed by atoms with Gasteiger partial charge in [-0.3, -0.25) is 10.1 Å². The molecule has 1 heterocycles. The summed E-state index contributed by atoms with van der Waals surface area (Å²) in [6.07, 6.45) is 9.33. The molecule has 2 aliphatic carbocycles. The van der Waals surface area contributed by atoms with Crippen molar-refractivity contribution in [2.75, 3.05) is 0 Å². The fraction of sp³-hybridized carbons (Fsp3) is 0.941. The summed E-state index contributed by atoms with van der Waals surface area (Å²) < 4.78 is 0. The minimum Gasteiger partial charge on any atom is -0.323 e. The molecule has 0 radical (unpaired) electrons. The van der Waals surface area contributed by atoms with Gasteiger partial charge in [0.2, 0.25) is 5.91 Å². The molecule has 3 rings (SSSR count). The second-order valence-electron chi connectivity index (χ2n) is 7.70. The van der Waals surface area contributed by atoms with Crippen LogP contribution >= 0.6 is 0 Å². The van der Waals surface area contributed by atoms with Gasteiger partial charge in [0.05, 0.1) is 12.2 Å². The van der Waals surface area contributed by atoms with Gasteiger partial charge in [-0.25, -0.2) is 0 Å². The fourth-order valence-electron chi connectivity index (χ4n) is 4.58. The van der Waals surface area contributed by atoms with Gasteiger partial charge in [0, 0.05) is 6.04 Å². The van der Waals surface area contributed by atoms with E-state index in [2.05, 4.69) is 31.0 Å². The van der Waals surface area contributed by atoms with E-state index in [1.54, 1.807) is 0 Å². The fourth-order valence-corrected chi connectivity index (χ4v) is 4.58. The van der Waals surface area contributed by atoms with Crippen LogP contribution in [-0.4, -0.2) is 29.1 Å². The summed E-state index contributed by atoms with van der Waals surface area (Å²) in [5, 5.41) is 3.70. The van der Waals surface area contributed by atoms with Gasteiger partial charge in [-0.2, -0.15) is 0 Å². The third-order valence-electron chi connectivity index (χ3n) is 5.74. The van der Waals surface area contributed by atoms with Crippen molar-refractivity contribution in [3.05, 3.63) is 0 Å². The van der Waals surface area contributed by atoms with Crippen LogP contribution in [0.2, 0.25) is 0 Å². The Hall–Kier alpha value is -0.570. The van der Waals surface area contributed by atoms with Crippen molar-refractivity contribution >= 4 is 5.91 Å². The molecule has 20 heavy (non-hydrogen) atoms. The topological polar surface area (TPSA) is 32.3 Å². The zero-order valence-corrected chi connectivity index (χ0v) is 13.3. The number of amides is 1.